The van der Waals surface area contributed by atoms with Gasteiger partial charge in [0, 0.05) is 0 Å². The third kappa shape index (κ3) is 4.79. The van der Waals surface area contributed by atoms with Crippen LogP contribution in [0.5, 0.6) is 0 Å². The van der Waals surface area contributed by atoms with Crippen molar-refractivity contribution in [2.45, 2.75) is 6.61 Å². The van der Waals surface area contributed by atoms with Crippen molar-refractivity contribution in [1.82, 2.24) is 10.9 Å². The largest absolute Gasteiger partial charge is 0.443 e. The number of halogens is 1. The SMILES string of the molecule is O=C(CBr)NNC(=O)OCc1ccccc1. The lowest BCUT2D eigenvalue weighted by molar-refractivity contribution is -0.119. The Morgan fingerprint density at radius 3 is 2.50 bits per heavy atom. The number of ether oxygens (including phenoxy) is 1. The van der Waals surface area contributed by atoms with Crippen molar-refractivity contribution in [3.63, 3.8) is 0 Å². The third-order valence-corrected chi connectivity index (χ3v) is 2.15. The summed E-state index contributed by atoms with van der Waals surface area (Å²) in [5.74, 6) is -0.350. The Hall–Kier alpha value is -1.56. The van der Waals surface area contributed by atoms with Crippen LogP contribution >= 0.6 is 15.9 Å². The van der Waals surface area contributed by atoms with Crippen molar-refractivity contribution in [2.75, 3.05) is 5.33 Å². The number of amides is 2. The molecule has 1 rings (SSSR count). The van der Waals surface area contributed by atoms with Crippen LogP contribution in [0.1, 0.15) is 5.56 Å². The van der Waals surface area contributed by atoms with Crippen LogP contribution in [-0.2, 0) is 16.1 Å². The number of carbonyl (C=O) groups is 2. The smallest absolute Gasteiger partial charge is 0.426 e. The van der Waals surface area contributed by atoms with Gasteiger partial charge in [-0.1, -0.05) is 46.3 Å². The van der Waals surface area contributed by atoms with E-state index in [0.29, 0.717) is 0 Å². The number of hydrogen-bond donors (Lipinski definition) is 2. The first-order valence-electron chi connectivity index (χ1n) is 4.54. The predicted molar refractivity (Wildman–Crippen MR) is 61.7 cm³/mol. The van der Waals surface area contributed by atoms with Crippen LogP contribution in [0.25, 0.3) is 0 Å². The van der Waals surface area contributed by atoms with Crippen molar-refractivity contribution in [2.24, 2.45) is 0 Å². The van der Waals surface area contributed by atoms with Gasteiger partial charge >= 0.3 is 6.09 Å². The molecule has 0 radical (unpaired) electrons. The Morgan fingerprint density at radius 2 is 1.88 bits per heavy atom. The summed E-state index contributed by atoms with van der Waals surface area (Å²) in [5.41, 5.74) is 5.15. The molecule has 6 heteroatoms. The van der Waals surface area contributed by atoms with E-state index in [2.05, 4.69) is 26.8 Å². The van der Waals surface area contributed by atoms with Gasteiger partial charge in [-0.2, -0.15) is 0 Å². The van der Waals surface area contributed by atoms with Crippen molar-refractivity contribution in [3.05, 3.63) is 35.9 Å². The normalized spacial score (nSPS) is 9.31. The molecule has 0 aliphatic carbocycles. The van der Waals surface area contributed by atoms with Gasteiger partial charge in [0.25, 0.3) is 0 Å². The fourth-order valence-electron chi connectivity index (χ4n) is 0.913. The highest BCUT2D eigenvalue weighted by molar-refractivity contribution is 9.09. The molecule has 0 spiro atoms. The fourth-order valence-corrected chi connectivity index (χ4v) is 1.05. The molecule has 0 unspecified atom stereocenters. The minimum absolute atomic E-state index is 0.117. The summed E-state index contributed by atoms with van der Waals surface area (Å²) in [7, 11) is 0. The van der Waals surface area contributed by atoms with Gasteiger partial charge in [-0.3, -0.25) is 10.2 Å². The molecule has 0 aliphatic rings. The Balaban J connectivity index is 2.23. The minimum atomic E-state index is -0.696. The van der Waals surface area contributed by atoms with Crippen molar-refractivity contribution >= 4 is 27.9 Å². The Labute approximate surface area is 101 Å². The molecule has 2 N–H and O–H groups in total. The average Bonchev–Trinajstić information content (AvgIpc) is 2.34. The van der Waals surface area contributed by atoms with E-state index in [1.807, 2.05) is 30.3 Å². The van der Waals surface area contributed by atoms with Gasteiger partial charge in [-0.15, -0.1) is 0 Å². The number of hydrogen-bond acceptors (Lipinski definition) is 3. The maximum atomic E-state index is 11.1. The lowest BCUT2D eigenvalue weighted by Crippen LogP contribution is -2.42. The van der Waals surface area contributed by atoms with Crippen LogP contribution in [0.3, 0.4) is 0 Å². The lowest BCUT2D eigenvalue weighted by atomic mass is 10.2. The summed E-state index contributed by atoms with van der Waals surface area (Å²) in [6.45, 7) is 0.164. The summed E-state index contributed by atoms with van der Waals surface area (Å²) in [6.07, 6.45) is -0.696. The van der Waals surface area contributed by atoms with Gasteiger partial charge in [0.15, 0.2) is 0 Å². The number of nitrogens with one attached hydrogen (secondary N) is 2. The van der Waals surface area contributed by atoms with E-state index in [1.54, 1.807) is 0 Å². The zero-order valence-corrected chi connectivity index (χ0v) is 9.99. The first-order valence-corrected chi connectivity index (χ1v) is 5.66. The fraction of sp³-hybridized carbons (Fsp3) is 0.200. The molecule has 1 aromatic carbocycles. The average molecular weight is 287 g/mol. The van der Waals surface area contributed by atoms with E-state index < -0.39 is 6.09 Å². The number of alkyl halides is 1. The van der Waals surface area contributed by atoms with E-state index in [1.165, 1.54) is 0 Å². The maximum Gasteiger partial charge on any atom is 0.426 e. The number of rotatable bonds is 3. The molecule has 0 saturated carbocycles. The van der Waals surface area contributed by atoms with Crippen molar-refractivity contribution < 1.29 is 14.3 Å². The molecule has 0 aliphatic heterocycles. The molecule has 1 aromatic rings. The molecule has 0 fully saturated rings. The zero-order valence-electron chi connectivity index (χ0n) is 8.40. The molecular formula is C10H11BrN2O3. The van der Waals surface area contributed by atoms with E-state index >= 15 is 0 Å². The molecule has 0 saturated heterocycles. The summed E-state index contributed by atoms with van der Waals surface area (Å²) < 4.78 is 4.84. The number of benzene rings is 1. The molecule has 16 heavy (non-hydrogen) atoms. The summed E-state index contributed by atoms with van der Waals surface area (Å²) in [6, 6.07) is 9.25. The maximum absolute atomic E-state index is 11.1. The summed E-state index contributed by atoms with van der Waals surface area (Å²) in [5, 5.41) is 0.117. The Kier molecular flexibility index (Phi) is 5.35. The van der Waals surface area contributed by atoms with Crippen LogP contribution in [-0.4, -0.2) is 17.3 Å². The van der Waals surface area contributed by atoms with Crippen LogP contribution in [0.2, 0.25) is 0 Å². The van der Waals surface area contributed by atoms with Gasteiger partial charge in [0.1, 0.15) is 6.61 Å². The molecule has 2 amide bonds. The van der Waals surface area contributed by atoms with Gasteiger partial charge in [-0.05, 0) is 5.56 Å². The molecule has 0 heterocycles. The predicted octanol–water partition coefficient (Wildman–Crippen LogP) is 1.34. The second-order valence-electron chi connectivity index (χ2n) is 2.87. The van der Waals surface area contributed by atoms with Crippen LogP contribution < -0.4 is 10.9 Å². The molecule has 0 atom stereocenters. The minimum Gasteiger partial charge on any atom is -0.443 e. The Morgan fingerprint density at radius 1 is 1.19 bits per heavy atom. The van der Waals surface area contributed by atoms with Gasteiger partial charge in [0.2, 0.25) is 5.91 Å². The lowest BCUT2D eigenvalue weighted by Gasteiger charge is -2.07. The van der Waals surface area contributed by atoms with Crippen molar-refractivity contribution in [3.8, 4) is 0 Å². The van der Waals surface area contributed by atoms with Crippen LogP contribution in [0, 0.1) is 0 Å². The highest BCUT2D eigenvalue weighted by atomic mass is 79.9. The van der Waals surface area contributed by atoms with E-state index in [9.17, 15) is 9.59 Å². The molecule has 0 aromatic heterocycles. The molecular weight excluding hydrogens is 276 g/mol. The summed E-state index contributed by atoms with van der Waals surface area (Å²) >= 11 is 2.94. The second kappa shape index (κ2) is 6.84. The summed E-state index contributed by atoms with van der Waals surface area (Å²) in [4.78, 5) is 21.8. The monoisotopic (exact) mass is 286 g/mol. The molecule has 0 bridgehead atoms. The van der Waals surface area contributed by atoms with Gasteiger partial charge < -0.3 is 4.74 Å². The second-order valence-corrected chi connectivity index (χ2v) is 3.43. The first-order chi connectivity index (χ1) is 7.72. The van der Waals surface area contributed by atoms with Gasteiger partial charge in [-0.25, -0.2) is 10.2 Å². The number of hydrazine groups is 1. The number of carbonyl (C=O) groups excluding carboxylic acids is 2. The van der Waals surface area contributed by atoms with E-state index in [4.69, 9.17) is 4.74 Å². The van der Waals surface area contributed by atoms with Crippen LogP contribution in [0.15, 0.2) is 30.3 Å². The quantitative estimate of drug-likeness (QED) is 0.651. The zero-order chi connectivity index (χ0) is 11.8. The molecule has 5 nitrogen and oxygen atoms in total. The highest BCUT2D eigenvalue weighted by Gasteiger charge is 2.03. The van der Waals surface area contributed by atoms with Crippen molar-refractivity contribution in [1.29, 1.82) is 0 Å². The van der Waals surface area contributed by atoms with E-state index in [-0.39, 0.29) is 17.8 Å². The highest BCUT2D eigenvalue weighted by Crippen LogP contribution is 1.99. The topological polar surface area (TPSA) is 67.4 Å². The standard InChI is InChI=1S/C10H11BrN2O3/c11-6-9(14)12-13-10(15)16-7-8-4-2-1-3-5-8/h1-5H,6-7H2,(H,12,14)(H,13,15). The Bertz CT molecular complexity index is 356. The van der Waals surface area contributed by atoms with E-state index in [0.717, 1.165) is 5.56 Å². The first kappa shape index (κ1) is 12.5. The molecule has 86 valence electrons. The third-order valence-electron chi connectivity index (χ3n) is 1.64. The van der Waals surface area contributed by atoms with Gasteiger partial charge in [0.05, 0.1) is 5.33 Å². The van der Waals surface area contributed by atoms with Crippen LogP contribution in [0.4, 0.5) is 4.79 Å².